The van der Waals surface area contributed by atoms with Gasteiger partial charge in [-0.1, -0.05) is 0 Å². The van der Waals surface area contributed by atoms with Gasteiger partial charge in [0, 0.05) is 19.3 Å². The molecular formula is C15H22N2O8. The maximum atomic E-state index is 11.8. The Bertz CT molecular complexity index is 550. The number of hydrogen-bond donors (Lipinski definition) is 1. The van der Waals surface area contributed by atoms with Crippen LogP contribution in [-0.2, 0) is 33.5 Å². The highest BCUT2D eigenvalue weighted by molar-refractivity contribution is 6.01. The molecule has 25 heavy (non-hydrogen) atoms. The number of carbonyl (C=O) groups excluding carboxylic acids is 5. The smallest absolute Gasteiger partial charge is 0.432 e. The molecule has 10 nitrogen and oxygen atoms in total. The van der Waals surface area contributed by atoms with Gasteiger partial charge < -0.3 is 19.6 Å². The van der Waals surface area contributed by atoms with E-state index in [9.17, 15) is 24.0 Å². The molecule has 1 rings (SSSR count). The lowest BCUT2D eigenvalue weighted by Gasteiger charge is -2.21. The molecule has 1 heterocycles. The number of carbonyl (C=O) groups is 5. The van der Waals surface area contributed by atoms with Gasteiger partial charge in [0.2, 0.25) is 0 Å². The number of nitrogens with zero attached hydrogens (tertiary/aromatic N) is 1. The Morgan fingerprint density at radius 2 is 1.72 bits per heavy atom. The van der Waals surface area contributed by atoms with E-state index >= 15 is 0 Å². The van der Waals surface area contributed by atoms with Crippen LogP contribution in [-0.4, -0.2) is 53.7 Å². The molecule has 1 saturated heterocycles. The highest BCUT2D eigenvalue weighted by Gasteiger charge is 2.34. The van der Waals surface area contributed by atoms with Crippen molar-refractivity contribution in [3.8, 4) is 0 Å². The summed E-state index contributed by atoms with van der Waals surface area (Å²) < 4.78 is 9.66. The van der Waals surface area contributed by atoms with Crippen molar-refractivity contribution in [2.24, 2.45) is 0 Å². The molecule has 1 unspecified atom stereocenters. The first-order valence-electron chi connectivity index (χ1n) is 7.67. The molecular weight excluding hydrogens is 336 g/mol. The van der Waals surface area contributed by atoms with E-state index in [1.165, 1.54) is 0 Å². The predicted molar refractivity (Wildman–Crippen MR) is 81.6 cm³/mol. The SMILES string of the molecule is COC(=O)C(CCC(=O)OC(C)(C)C)NC(=O)ON1C(=O)CCC1=O. The number of esters is 2. The molecule has 1 fully saturated rings. The second kappa shape index (κ2) is 8.45. The second-order valence-corrected chi connectivity index (χ2v) is 6.31. The molecule has 0 aromatic carbocycles. The van der Waals surface area contributed by atoms with Crippen LogP contribution in [0.4, 0.5) is 4.79 Å². The van der Waals surface area contributed by atoms with Crippen LogP contribution in [0.15, 0.2) is 0 Å². The minimum absolute atomic E-state index is 0.0504. The summed E-state index contributed by atoms with van der Waals surface area (Å²) in [5.74, 6) is -2.66. The first-order chi connectivity index (χ1) is 11.5. The summed E-state index contributed by atoms with van der Waals surface area (Å²) in [5, 5.41) is 2.51. The van der Waals surface area contributed by atoms with Crippen LogP contribution < -0.4 is 5.32 Å². The van der Waals surface area contributed by atoms with E-state index in [1.54, 1.807) is 20.8 Å². The Balaban J connectivity index is 2.59. The number of nitrogens with one attached hydrogen (secondary N) is 1. The molecule has 0 radical (unpaired) electrons. The molecule has 1 aliphatic rings. The van der Waals surface area contributed by atoms with Crippen LogP contribution in [0.2, 0.25) is 0 Å². The molecule has 0 bridgehead atoms. The van der Waals surface area contributed by atoms with Crippen molar-refractivity contribution in [3.05, 3.63) is 0 Å². The number of methoxy groups -OCH3 is 1. The van der Waals surface area contributed by atoms with Crippen LogP contribution in [0.3, 0.4) is 0 Å². The summed E-state index contributed by atoms with van der Waals surface area (Å²) in [6, 6.07) is -1.20. The Morgan fingerprint density at radius 1 is 1.16 bits per heavy atom. The molecule has 3 amide bonds. The van der Waals surface area contributed by atoms with Crippen LogP contribution in [0.5, 0.6) is 0 Å². The van der Waals surface area contributed by atoms with Gasteiger partial charge in [0.25, 0.3) is 11.8 Å². The third-order valence-corrected chi connectivity index (χ3v) is 3.01. The fourth-order valence-corrected chi connectivity index (χ4v) is 1.96. The van der Waals surface area contributed by atoms with Gasteiger partial charge in [-0.3, -0.25) is 14.4 Å². The Morgan fingerprint density at radius 3 is 2.20 bits per heavy atom. The van der Waals surface area contributed by atoms with E-state index in [1.807, 2.05) is 0 Å². The summed E-state index contributed by atoms with van der Waals surface area (Å²) in [7, 11) is 1.11. The number of hydrogen-bond acceptors (Lipinski definition) is 8. The van der Waals surface area contributed by atoms with Crippen LogP contribution in [0, 0.1) is 0 Å². The minimum atomic E-state index is -1.20. The zero-order valence-electron chi connectivity index (χ0n) is 14.6. The molecule has 140 valence electrons. The number of ether oxygens (including phenoxy) is 2. The van der Waals surface area contributed by atoms with Gasteiger partial charge in [0.05, 0.1) is 7.11 Å². The highest BCUT2D eigenvalue weighted by Crippen LogP contribution is 2.13. The number of imide groups is 1. The standard InChI is InChI=1S/C15H22N2O8/c1-15(2,3)24-12(20)8-5-9(13(21)23-4)16-14(22)25-17-10(18)6-7-11(17)19/h9H,5-8H2,1-4H3,(H,16,22). The topological polar surface area (TPSA) is 128 Å². The van der Waals surface area contributed by atoms with Crippen molar-refractivity contribution >= 4 is 29.8 Å². The zero-order chi connectivity index (χ0) is 19.2. The molecule has 0 aromatic rings. The Kier molecular flexibility index (Phi) is 6.89. The molecule has 0 aliphatic carbocycles. The first kappa shape index (κ1) is 20.4. The van der Waals surface area contributed by atoms with Crippen molar-refractivity contribution in [1.29, 1.82) is 0 Å². The largest absolute Gasteiger partial charge is 0.467 e. The predicted octanol–water partition coefficient (Wildman–Crippen LogP) is 0.440. The number of hydroxylamine groups is 2. The van der Waals surface area contributed by atoms with Gasteiger partial charge in [-0.05, 0) is 27.2 Å². The van der Waals surface area contributed by atoms with Gasteiger partial charge in [0.15, 0.2) is 0 Å². The summed E-state index contributed by atoms with van der Waals surface area (Å²) in [6.45, 7) is 5.09. The van der Waals surface area contributed by atoms with Crippen LogP contribution >= 0.6 is 0 Å². The van der Waals surface area contributed by atoms with Crippen molar-refractivity contribution < 1.29 is 38.3 Å². The molecule has 0 saturated carbocycles. The highest BCUT2D eigenvalue weighted by atomic mass is 16.7. The lowest BCUT2D eigenvalue weighted by molar-refractivity contribution is -0.171. The fraction of sp³-hybridized carbons (Fsp3) is 0.667. The van der Waals surface area contributed by atoms with E-state index in [2.05, 4.69) is 14.9 Å². The normalized spacial score (nSPS) is 15.6. The molecule has 0 spiro atoms. The second-order valence-electron chi connectivity index (χ2n) is 6.31. The molecule has 0 aromatic heterocycles. The average Bonchev–Trinajstić information content (AvgIpc) is 2.80. The Labute approximate surface area is 144 Å². The van der Waals surface area contributed by atoms with Gasteiger partial charge in [-0.25, -0.2) is 9.59 Å². The minimum Gasteiger partial charge on any atom is -0.467 e. The van der Waals surface area contributed by atoms with E-state index in [0.29, 0.717) is 5.06 Å². The average molecular weight is 358 g/mol. The monoisotopic (exact) mass is 358 g/mol. The van der Waals surface area contributed by atoms with E-state index in [-0.39, 0.29) is 25.7 Å². The van der Waals surface area contributed by atoms with Gasteiger partial charge >= 0.3 is 18.0 Å². The van der Waals surface area contributed by atoms with Crippen LogP contribution in [0.25, 0.3) is 0 Å². The van der Waals surface area contributed by atoms with Crippen molar-refractivity contribution in [2.75, 3.05) is 7.11 Å². The summed E-state index contributed by atoms with van der Waals surface area (Å²) in [4.78, 5) is 62.6. The van der Waals surface area contributed by atoms with Crippen LogP contribution in [0.1, 0.15) is 46.5 Å². The number of rotatable bonds is 6. The lowest BCUT2D eigenvalue weighted by atomic mass is 10.1. The van der Waals surface area contributed by atoms with Crippen molar-refractivity contribution in [3.63, 3.8) is 0 Å². The number of amides is 3. The summed E-state index contributed by atoms with van der Waals surface area (Å²) >= 11 is 0. The third kappa shape index (κ3) is 6.77. The molecule has 1 atom stereocenters. The van der Waals surface area contributed by atoms with Gasteiger partial charge in [-0.15, -0.1) is 5.06 Å². The van der Waals surface area contributed by atoms with E-state index in [4.69, 9.17) is 4.74 Å². The molecule has 1 N–H and O–H groups in total. The summed E-state index contributed by atoms with van der Waals surface area (Å²) in [5.41, 5.74) is -0.680. The quantitative estimate of drug-likeness (QED) is 0.535. The van der Waals surface area contributed by atoms with Gasteiger partial charge in [-0.2, -0.15) is 0 Å². The maximum absolute atomic E-state index is 11.8. The lowest BCUT2D eigenvalue weighted by Crippen LogP contribution is -2.45. The van der Waals surface area contributed by atoms with E-state index in [0.717, 1.165) is 7.11 Å². The van der Waals surface area contributed by atoms with Gasteiger partial charge in [0.1, 0.15) is 11.6 Å². The molecule has 1 aliphatic heterocycles. The van der Waals surface area contributed by atoms with E-state index < -0.39 is 41.5 Å². The van der Waals surface area contributed by atoms with Crippen molar-refractivity contribution in [2.45, 2.75) is 58.1 Å². The third-order valence-electron chi connectivity index (χ3n) is 3.01. The Hall–Kier alpha value is -2.65. The fourth-order valence-electron chi connectivity index (χ4n) is 1.96. The first-order valence-corrected chi connectivity index (χ1v) is 7.67. The zero-order valence-corrected chi connectivity index (χ0v) is 14.6. The summed E-state index contributed by atoms with van der Waals surface area (Å²) in [6.07, 6.45) is -1.53. The molecule has 10 heteroatoms. The van der Waals surface area contributed by atoms with Crippen molar-refractivity contribution in [1.82, 2.24) is 10.4 Å². The maximum Gasteiger partial charge on any atom is 0.432 e.